The van der Waals surface area contributed by atoms with Gasteiger partial charge < -0.3 is 14.8 Å². The van der Waals surface area contributed by atoms with E-state index in [-0.39, 0.29) is 0 Å². The number of aryl methyl sites for hydroxylation is 1. The van der Waals surface area contributed by atoms with Gasteiger partial charge in [0.05, 0.1) is 34.1 Å². The highest BCUT2D eigenvalue weighted by atomic mass is 35.5. The Balaban J connectivity index is 1.56. The van der Waals surface area contributed by atoms with Crippen molar-refractivity contribution in [2.45, 2.75) is 13.0 Å². The Morgan fingerprint density at radius 1 is 1.16 bits per heavy atom. The molecular formula is C22H17ClFN7. The first-order valence-electron chi connectivity index (χ1n) is 9.74. The lowest BCUT2D eigenvalue weighted by Crippen LogP contribution is -2.28. The molecule has 0 fully saturated rings. The van der Waals surface area contributed by atoms with Crippen LogP contribution in [-0.2, 0) is 6.54 Å². The Labute approximate surface area is 182 Å². The van der Waals surface area contributed by atoms with Crippen LogP contribution in [0.2, 0.25) is 5.02 Å². The minimum atomic E-state index is -0.418. The first-order valence-corrected chi connectivity index (χ1v) is 10.1. The maximum Gasteiger partial charge on any atom is 0.227 e. The van der Waals surface area contributed by atoms with Gasteiger partial charge in [0.25, 0.3) is 0 Å². The number of hydrogen-bond donors (Lipinski definition) is 1. The van der Waals surface area contributed by atoms with Gasteiger partial charge in [0.15, 0.2) is 5.82 Å². The second-order valence-corrected chi connectivity index (χ2v) is 7.78. The molecular weight excluding hydrogens is 417 g/mol. The monoisotopic (exact) mass is 433 g/mol. The van der Waals surface area contributed by atoms with Gasteiger partial charge in [0.1, 0.15) is 5.52 Å². The van der Waals surface area contributed by atoms with E-state index in [1.807, 2.05) is 22.6 Å². The molecule has 154 valence electrons. The fourth-order valence-corrected chi connectivity index (χ4v) is 3.97. The van der Waals surface area contributed by atoms with E-state index >= 15 is 0 Å². The van der Waals surface area contributed by atoms with Gasteiger partial charge in [-0.05, 0) is 42.8 Å². The van der Waals surface area contributed by atoms with E-state index in [9.17, 15) is 4.39 Å². The van der Waals surface area contributed by atoms with Crippen LogP contribution in [0.3, 0.4) is 0 Å². The molecule has 0 saturated carbocycles. The van der Waals surface area contributed by atoms with Gasteiger partial charge >= 0.3 is 0 Å². The van der Waals surface area contributed by atoms with Crippen LogP contribution in [0.4, 0.5) is 22.0 Å². The molecule has 0 bridgehead atoms. The van der Waals surface area contributed by atoms with Gasteiger partial charge in [0, 0.05) is 31.4 Å². The third-order valence-electron chi connectivity index (χ3n) is 5.29. The number of aromatic nitrogens is 4. The van der Waals surface area contributed by atoms with Crippen LogP contribution in [0.15, 0.2) is 42.6 Å². The lowest BCUT2D eigenvalue weighted by atomic mass is 10.1. The highest BCUT2D eigenvalue weighted by Crippen LogP contribution is 2.34. The molecule has 0 amide bonds. The molecule has 0 spiro atoms. The van der Waals surface area contributed by atoms with E-state index in [2.05, 4.69) is 26.3 Å². The number of benzene rings is 2. The first-order chi connectivity index (χ1) is 15.0. The van der Waals surface area contributed by atoms with Gasteiger partial charge in [0.2, 0.25) is 11.9 Å². The largest absolute Gasteiger partial charge is 0.345 e. The Hall–Kier alpha value is -3.70. The normalized spacial score (nSPS) is 13.2. The number of rotatable bonds is 3. The fourth-order valence-electron chi connectivity index (χ4n) is 3.77. The molecule has 7 nitrogen and oxygen atoms in total. The molecule has 0 radical (unpaired) electrons. The van der Waals surface area contributed by atoms with Crippen molar-refractivity contribution in [3.05, 3.63) is 59.0 Å². The number of hydrogen-bond acceptors (Lipinski definition) is 6. The average Bonchev–Trinajstić information content (AvgIpc) is 3.16. The molecule has 1 aliphatic heterocycles. The molecule has 0 saturated heterocycles. The summed E-state index contributed by atoms with van der Waals surface area (Å²) in [6.07, 6.45) is 2.45. The molecule has 0 atom stereocenters. The molecule has 4 aromatic rings. The molecule has 1 N–H and O–H groups in total. The minimum Gasteiger partial charge on any atom is -0.345 e. The summed E-state index contributed by atoms with van der Waals surface area (Å²) in [5.74, 6) is 0.660. The van der Waals surface area contributed by atoms with Crippen LogP contribution in [-0.4, -0.2) is 33.1 Å². The van der Waals surface area contributed by atoms with Crippen LogP contribution < -0.4 is 10.2 Å². The van der Waals surface area contributed by atoms with Crippen molar-refractivity contribution in [2.24, 2.45) is 0 Å². The topological polar surface area (TPSA) is 82.7 Å². The molecule has 5 rings (SSSR count). The van der Waals surface area contributed by atoms with E-state index in [1.165, 1.54) is 12.3 Å². The number of nitriles is 1. The van der Waals surface area contributed by atoms with Crippen molar-refractivity contribution in [1.29, 1.82) is 5.26 Å². The van der Waals surface area contributed by atoms with Crippen molar-refractivity contribution < 1.29 is 4.39 Å². The lowest BCUT2D eigenvalue weighted by molar-refractivity contribution is 0.591. The van der Waals surface area contributed by atoms with Gasteiger partial charge in [-0.15, -0.1) is 0 Å². The summed E-state index contributed by atoms with van der Waals surface area (Å²) in [6.45, 7) is 1.67. The van der Waals surface area contributed by atoms with Gasteiger partial charge in [-0.25, -0.2) is 19.3 Å². The number of anilines is 3. The Kier molecular flexibility index (Phi) is 4.68. The maximum absolute atomic E-state index is 15.0. The first kappa shape index (κ1) is 19.3. The van der Waals surface area contributed by atoms with Crippen molar-refractivity contribution >= 4 is 40.2 Å². The molecule has 9 heteroatoms. The zero-order valence-electron chi connectivity index (χ0n) is 16.6. The van der Waals surface area contributed by atoms with Crippen LogP contribution in [0.5, 0.6) is 0 Å². The number of halogens is 2. The average molecular weight is 434 g/mol. The summed E-state index contributed by atoms with van der Waals surface area (Å²) in [5.41, 5.74) is 3.31. The minimum absolute atomic E-state index is 0.319. The summed E-state index contributed by atoms with van der Waals surface area (Å²) in [4.78, 5) is 15.3. The van der Waals surface area contributed by atoms with Crippen LogP contribution >= 0.6 is 11.6 Å². The third-order valence-corrected chi connectivity index (χ3v) is 5.57. The van der Waals surface area contributed by atoms with Gasteiger partial charge in [-0.3, -0.25) is 0 Å². The molecule has 0 unspecified atom stereocenters. The zero-order valence-corrected chi connectivity index (χ0v) is 17.4. The predicted molar refractivity (Wildman–Crippen MR) is 118 cm³/mol. The van der Waals surface area contributed by atoms with Gasteiger partial charge in [-0.1, -0.05) is 11.6 Å². The maximum atomic E-state index is 15.0. The lowest BCUT2D eigenvalue weighted by Gasteiger charge is -2.25. The van der Waals surface area contributed by atoms with E-state index in [0.29, 0.717) is 38.8 Å². The van der Waals surface area contributed by atoms with E-state index in [1.54, 1.807) is 24.3 Å². The summed E-state index contributed by atoms with van der Waals surface area (Å²) < 4.78 is 17.0. The smallest absolute Gasteiger partial charge is 0.227 e. The molecule has 3 heterocycles. The van der Waals surface area contributed by atoms with E-state index in [0.717, 1.165) is 31.1 Å². The molecule has 2 aromatic carbocycles. The molecule has 1 aliphatic rings. The number of nitrogens with one attached hydrogen (secondary N) is 1. The van der Waals surface area contributed by atoms with Crippen molar-refractivity contribution in [2.75, 3.05) is 23.8 Å². The highest BCUT2D eigenvalue weighted by Gasteiger charge is 2.22. The standard InChI is InChI=1S/C22H17ClFN7/c1-30-7-2-8-31-18-10-14(9-17(24)20(18)29-22(30)31)19-16(23)12-26-21(28-19)27-15-5-3-13(11-25)4-6-15/h3-6,9-10,12H,2,7-8H2,1H3,(H,26,27,28). The summed E-state index contributed by atoms with van der Waals surface area (Å²) >= 11 is 6.38. The van der Waals surface area contributed by atoms with Crippen molar-refractivity contribution in [1.82, 2.24) is 19.5 Å². The van der Waals surface area contributed by atoms with Crippen molar-refractivity contribution in [3.8, 4) is 17.3 Å². The number of imidazole rings is 1. The molecule has 0 aliphatic carbocycles. The Bertz CT molecular complexity index is 1340. The second-order valence-electron chi connectivity index (χ2n) is 7.37. The van der Waals surface area contributed by atoms with Crippen LogP contribution in [0.1, 0.15) is 12.0 Å². The summed E-state index contributed by atoms with van der Waals surface area (Å²) in [5, 5.41) is 12.3. The third kappa shape index (κ3) is 3.43. The number of nitrogens with zero attached hydrogens (tertiary/aromatic N) is 6. The van der Waals surface area contributed by atoms with E-state index in [4.69, 9.17) is 16.9 Å². The predicted octanol–water partition coefficient (Wildman–Crippen LogP) is 4.74. The van der Waals surface area contributed by atoms with Crippen molar-refractivity contribution in [3.63, 3.8) is 0 Å². The molecule has 31 heavy (non-hydrogen) atoms. The second kappa shape index (κ2) is 7.52. The summed E-state index contributed by atoms with van der Waals surface area (Å²) in [6, 6.07) is 12.3. The quantitative estimate of drug-likeness (QED) is 0.502. The van der Waals surface area contributed by atoms with E-state index < -0.39 is 5.82 Å². The zero-order chi connectivity index (χ0) is 21.5. The number of fused-ring (bicyclic) bond motifs is 3. The van der Waals surface area contributed by atoms with Crippen LogP contribution in [0, 0.1) is 17.1 Å². The highest BCUT2D eigenvalue weighted by molar-refractivity contribution is 6.33. The Morgan fingerprint density at radius 2 is 1.97 bits per heavy atom. The van der Waals surface area contributed by atoms with Crippen LogP contribution in [0.25, 0.3) is 22.3 Å². The van der Waals surface area contributed by atoms with Gasteiger partial charge in [-0.2, -0.15) is 5.26 Å². The SMILES string of the molecule is CN1CCCn2c1nc1c(F)cc(-c3nc(Nc4ccc(C#N)cc4)ncc3Cl)cc12. The Morgan fingerprint density at radius 3 is 2.74 bits per heavy atom. The summed E-state index contributed by atoms with van der Waals surface area (Å²) in [7, 11) is 1.96. The molecule has 2 aromatic heterocycles. The fraction of sp³-hybridized carbons (Fsp3) is 0.182.